The summed E-state index contributed by atoms with van der Waals surface area (Å²) in [6.45, 7) is 0. The number of aromatic nitrogens is 4. The zero-order valence-electron chi connectivity index (χ0n) is 31.7. The van der Waals surface area contributed by atoms with Gasteiger partial charge in [-0.05, 0) is 59.7 Å². The molecule has 13 rings (SSSR count). The Morgan fingerprint density at radius 2 is 0.932 bits per heavy atom. The molecular formula is C54H32N4O. The Bertz CT molecular complexity index is 3840. The first-order valence-corrected chi connectivity index (χ1v) is 20.0. The lowest BCUT2D eigenvalue weighted by atomic mass is 10.0. The Labute approximate surface area is 337 Å². The lowest BCUT2D eigenvalue weighted by Gasteiger charge is -2.13. The number of furan rings is 1. The van der Waals surface area contributed by atoms with E-state index < -0.39 is 0 Å². The fourth-order valence-electron chi connectivity index (χ4n) is 9.51. The van der Waals surface area contributed by atoms with E-state index >= 15 is 0 Å². The molecule has 0 amide bonds. The van der Waals surface area contributed by atoms with Crippen LogP contribution in [-0.2, 0) is 0 Å². The number of fused-ring (bicyclic) bond motifs is 13. The van der Waals surface area contributed by atoms with Crippen molar-refractivity contribution < 1.29 is 4.42 Å². The van der Waals surface area contributed by atoms with Gasteiger partial charge in [-0.1, -0.05) is 146 Å². The molecule has 0 aliphatic heterocycles. The molecule has 9 aromatic carbocycles. The molecule has 4 heterocycles. The van der Waals surface area contributed by atoms with E-state index in [1.54, 1.807) is 0 Å². The Kier molecular flexibility index (Phi) is 6.66. The third kappa shape index (κ3) is 4.61. The fraction of sp³-hybridized carbons (Fsp3) is 0. The molecule has 0 N–H and O–H groups in total. The third-order valence-corrected chi connectivity index (χ3v) is 12.1. The first kappa shape index (κ1) is 32.1. The van der Waals surface area contributed by atoms with Gasteiger partial charge >= 0.3 is 0 Å². The van der Waals surface area contributed by atoms with Crippen molar-refractivity contribution >= 4 is 87.2 Å². The smallest absolute Gasteiger partial charge is 0.235 e. The number of hydrogen-bond acceptors (Lipinski definition) is 3. The predicted octanol–water partition coefficient (Wildman–Crippen LogP) is 14.2. The highest BCUT2D eigenvalue weighted by Crippen LogP contribution is 2.45. The predicted molar refractivity (Wildman–Crippen MR) is 244 cm³/mol. The second-order valence-corrected chi connectivity index (χ2v) is 15.3. The molecule has 0 saturated carbocycles. The van der Waals surface area contributed by atoms with E-state index in [4.69, 9.17) is 14.4 Å². The van der Waals surface area contributed by atoms with Gasteiger partial charge in [0.05, 0.1) is 44.4 Å². The highest BCUT2D eigenvalue weighted by Gasteiger charge is 2.24. The Morgan fingerprint density at radius 3 is 1.73 bits per heavy atom. The van der Waals surface area contributed by atoms with Crippen LogP contribution in [-0.4, -0.2) is 19.1 Å². The first-order chi connectivity index (χ1) is 29.3. The average Bonchev–Trinajstić information content (AvgIpc) is 3.96. The molecule has 0 aliphatic carbocycles. The van der Waals surface area contributed by atoms with E-state index in [2.05, 4.69) is 191 Å². The van der Waals surface area contributed by atoms with Gasteiger partial charge in [0.1, 0.15) is 11.2 Å². The van der Waals surface area contributed by atoms with Gasteiger partial charge in [0.15, 0.2) is 0 Å². The summed E-state index contributed by atoms with van der Waals surface area (Å²) < 4.78 is 11.8. The minimum Gasteiger partial charge on any atom is -0.455 e. The van der Waals surface area contributed by atoms with Gasteiger partial charge in [-0.15, -0.1) is 0 Å². The normalized spacial score (nSPS) is 12.1. The van der Waals surface area contributed by atoms with Crippen molar-refractivity contribution in [2.45, 2.75) is 0 Å². The van der Waals surface area contributed by atoms with Crippen molar-refractivity contribution in [2.24, 2.45) is 0 Å². The minimum atomic E-state index is 0.624. The Morgan fingerprint density at radius 1 is 0.339 bits per heavy atom. The molecule has 0 saturated heterocycles. The summed E-state index contributed by atoms with van der Waals surface area (Å²) in [6, 6.07) is 68.8. The maximum absolute atomic E-state index is 7.15. The molecule has 13 aromatic rings. The molecule has 274 valence electrons. The third-order valence-electron chi connectivity index (χ3n) is 12.1. The lowest BCUT2D eigenvalue weighted by molar-refractivity contribution is 0.676. The summed E-state index contributed by atoms with van der Waals surface area (Å²) in [7, 11) is 0. The summed E-state index contributed by atoms with van der Waals surface area (Å²) >= 11 is 0. The van der Waals surface area contributed by atoms with Crippen LogP contribution < -0.4 is 0 Å². The quantitative estimate of drug-likeness (QED) is 0.180. The molecule has 0 fully saturated rings. The SMILES string of the molecule is c1ccc(-c2ccc3c(c2)c2ccccc2n3-c2cc3c4ccc5c(c6ccccc6n5-c5nc(-c6ccccc6)c6ccccc6n5)c4oc3c3ccccc23)cc1. The fourth-order valence-corrected chi connectivity index (χ4v) is 9.51. The number of rotatable bonds is 4. The summed E-state index contributed by atoms with van der Waals surface area (Å²) in [5.41, 5.74) is 12.5. The van der Waals surface area contributed by atoms with Crippen LogP contribution in [0.3, 0.4) is 0 Å². The molecule has 0 spiro atoms. The van der Waals surface area contributed by atoms with Crippen molar-refractivity contribution in [3.63, 3.8) is 0 Å². The summed E-state index contributed by atoms with van der Waals surface area (Å²) in [5.74, 6) is 0.624. The number of benzene rings is 9. The zero-order chi connectivity index (χ0) is 38.6. The second-order valence-electron chi connectivity index (χ2n) is 15.3. The molecule has 5 nitrogen and oxygen atoms in total. The van der Waals surface area contributed by atoms with Gasteiger partial charge in [-0.2, -0.15) is 0 Å². The van der Waals surface area contributed by atoms with E-state index in [0.717, 1.165) is 82.4 Å². The van der Waals surface area contributed by atoms with Gasteiger partial charge in [0.25, 0.3) is 0 Å². The highest BCUT2D eigenvalue weighted by atomic mass is 16.3. The summed E-state index contributed by atoms with van der Waals surface area (Å²) in [6.07, 6.45) is 0. The maximum Gasteiger partial charge on any atom is 0.235 e. The van der Waals surface area contributed by atoms with Gasteiger partial charge in [-0.25, -0.2) is 9.97 Å². The molecule has 5 heteroatoms. The Balaban J connectivity index is 1.10. The van der Waals surface area contributed by atoms with E-state index in [9.17, 15) is 0 Å². The van der Waals surface area contributed by atoms with E-state index in [1.165, 1.54) is 32.9 Å². The van der Waals surface area contributed by atoms with Crippen LogP contribution in [0.15, 0.2) is 199 Å². The summed E-state index contributed by atoms with van der Waals surface area (Å²) in [5, 5.41) is 9.95. The van der Waals surface area contributed by atoms with Crippen LogP contribution in [0.4, 0.5) is 0 Å². The number of hydrogen-bond donors (Lipinski definition) is 0. The van der Waals surface area contributed by atoms with Gasteiger partial charge < -0.3 is 8.98 Å². The molecule has 0 radical (unpaired) electrons. The van der Waals surface area contributed by atoms with Crippen LogP contribution in [0.1, 0.15) is 0 Å². The van der Waals surface area contributed by atoms with Crippen LogP contribution >= 0.6 is 0 Å². The second kappa shape index (κ2) is 12.2. The molecule has 0 atom stereocenters. The first-order valence-electron chi connectivity index (χ1n) is 20.0. The summed E-state index contributed by atoms with van der Waals surface area (Å²) in [4.78, 5) is 10.5. The van der Waals surface area contributed by atoms with Crippen LogP contribution in [0.2, 0.25) is 0 Å². The lowest BCUT2D eigenvalue weighted by Crippen LogP contribution is -2.03. The van der Waals surface area contributed by atoms with Crippen LogP contribution in [0.25, 0.3) is 121 Å². The van der Waals surface area contributed by atoms with E-state index in [0.29, 0.717) is 5.95 Å². The zero-order valence-corrected chi connectivity index (χ0v) is 31.7. The topological polar surface area (TPSA) is 48.8 Å². The van der Waals surface area contributed by atoms with Crippen LogP contribution in [0, 0.1) is 0 Å². The van der Waals surface area contributed by atoms with Gasteiger partial charge in [-0.3, -0.25) is 4.57 Å². The maximum atomic E-state index is 7.15. The van der Waals surface area contributed by atoms with Crippen molar-refractivity contribution in [3.05, 3.63) is 194 Å². The Hall–Kier alpha value is -8.02. The van der Waals surface area contributed by atoms with Crippen molar-refractivity contribution in [3.8, 4) is 34.0 Å². The van der Waals surface area contributed by atoms with E-state index in [1.807, 2.05) is 12.1 Å². The molecule has 0 bridgehead atoms. The monoisotopic (exact) mass is 752 g/mol. The minimum absolute atomic E-state index is 0.624. The van der Waals surface area contributed by atoms with Gasteiger partial charge in [0.2, 0.25) is 5.95 Å². The molecular weight excluding hydrogens is 721 g/mol. The largest absolute Gasteiger partial charge is 0.455 e. The molecule has 59 heavy (non-hydrogen) atoms. The number of nitrogens with zero attached hydrogens (tertiary/aromatic N) is 4. The molecule has 0 unspecified atom stereocenters. The van der Waals surface area contributed by atoms with Crippen molar-refractivity contribution in [2.75, 3.05) is 0 Å². The standard InChI is InChI=1S/C54H32N4O/c1-3-15-33(16-4-1)35-27-29-47-42(31-35)37-20-10-13-25-45(37)57(47)49-32-43-39-28-30-48-50(53(39)59-52(43)38-21-8-7-19-36(38)49)41-23-11-14-26-46(41)58(48)54-55-44-24-12-9-22-40(44)51(56-54)34-17-5-2-6-18-34/h1-32H. The number of para-hydroxylation sites is 3. The van der Waals surface area contributed by atoms with Gasteiger partial charge in [0, 0.05) is 48.7 Å². The molecule has 0 aliphatic rings. The van der Waals surface area contributed by atoms with Crippen LogP contribution in [0.5, 0.6) is 0 Å². The van der Waals surface area contributed by atoms with Crippen molar-refractivity contribution in [1.82, 2.24) is 19.1 Å². The van der Waals surface area contributed by atoms with Crippen molar-refractivity contribution in [1.29, 1.82) is 0 Å². The average molecular weight is 753 g/mol. The highest BCUT2D eigenvalue weighted by molar-refractivity contribution is 6.27. The van der Waals surface area contributed by atoms with E-state index in [-0.39, 0.29) is 0 Å². The molecule has 4 aromatic heterocycles.